The average molecular weight is 247 g/mol. The molecule has 1 N–H and O–H groups in total. The van der Waals surface area contributed by atoms with Crippen molar-refractivity contribution in [3.05, 3.63) is 22.2 Å². The molecule has 0 saturated carbocycles. The third-order valence-corrected chi connectivity index (χ3v) is 2.45. The molecule has 13 heavy (non-hydrogen) atoms. The lowest BCUT2D eigenvalue weighted by molar-refractivity contribution is 0.181. The molecule has 0 heterocycles. The highest BCUT2D eigenvalue weighted by Gasteiger charge is 2.09. The predicted molar refractivity (Wildman–Crippen MR) is 53.1 cm³/mol. The van der Waals surface area contributed by atoms with Gasteiger partial charge in [0.2, 0.25) is 0 Å². The van der Waals surface area contributed by atoms with Crippen molar-refractivity contribution in [1.29, 1.82) is 0 Å². The molecule has 0 atom stereocenters. The van der Waals surface area contributed by atoms with Crippen molar-refractivity contribution in [3.8, 4) is 11.5 Å². The van der Waals surface area contributed by atoms with Crippen LogP contribution in [0.5, 0.6) is 11.5 Å². The highest BCUT2D eigenvalue weighted by atomic mass is 79.9. The number of hydrogen-bond donors (Lipinski definition) is 1. The average Bonchev–Trinajstić information content (AvgIpc) is 2.14. The van der Waals surface area contributed by atoms with Crippen molar-refractivity contribution >= 4 is 15.9 Å². The van der Waals surface area contributed by atoms with Crippen molar-refractivity contribution in [2.24, 2.45) is 0 Å². The first-order valence-corrected chi connectivity index (χ1v) is 4.53. The summed E-state index contributed by atoms with van der Waals surface area (Å²) in [7, 11) is 3.13. The second-order valence-corrected chi connectivity index (χ2v) is 3.32. The molecule has 1 rings (SSSR count). The van der Waals surface area contributed by atoms with Crippen molar-refractivity contribution in [3.63, 3.8) is 0 Å². The maximum absolute atomic E-state index is 9.63. The molecule has 3 nitrogen and oxygen atoms in total. The smallest absolute Gasteiger partial charge is 0.139 e. The Morgan fingerprint density at radius 1 is 1.38 bits per heavy atom. The number of phenols is 1. The van der Waals surface area contributed by atoms with Crippen LogP contribution in [0.2, 0.25) is 0 Å². The zero-order chi connectivity index (χ0) is 9.84. The lowest BCUT2D eigenvalue weighted by Gasteiger charge is -2.08. The number of phenolic OH excluding ortho intramolecular Hbond substituents is 1. The zero-order valence-corrected chi connectivity index (χ0v) is 9.09. The molecule has 0 aliphatic heterocycles. The molecule has 1 aromatic rings. The monoisotopic (exact) mass is 246 g/mol. The van der Waals surface area contributed by atoms with Crippen LogP contribution in [0.1, 0.15) is 5.56 Å². The summed E-state index contributed by atoms with van der Waals surface area (Å²) in [5.74, 6) is 0.776. The summed E-state index contributed by atoms with van der Waals surface area (Å²) >= 11 is 3.23. The van der Waals surface area contributed by atoms with Crippen molar-refractivity contribution in [1.82, 2.24) is 0 Å². The van der Waals surface area contributed by atoms with Crippen LogP contribution in [0.15, 0.2) is 16.6 Å². The van der Waals surface area contributed by atoms with Crippen LogP contribution in [0.4, 0.5) is 0 Å². The number of ether oxygens (including phenoxy) is 2. The van der Waals surface area contributed by atoms with E-state index in [2.05, 4.69) is 15.9 Å². The van der Waals surface area contributed by atoms with Gasteiger partial charge in [0.1, 0.15) is 16.0 Å². The van der Waals surface area contributed by atoms with Gasteiger partial charge in [0.15, 0.2) is 0 Å². The lowest BCUT2D eigenvalue weighted by Crippen LogP contribution is -1.91. The topological polar surface area (TPSA) is 38.7 Å². The molecule has 0 bridgehead atoms. The molecular weight excluding hydrogens is 236 g/mol. The van der Waals surface area contributed by atoms with E-state index in [4.69, 9.17) is 9.47 Å². The largest absolute Gasteiger partial charge is 0.506 e. The van der Waals surface area contributed by atoms with E-state index in [1.807, 2.05) is 0 Å². The minimum atomic E-state index is 0.168. The van der Waals surface area contributed by atoms with Gasteiger partial charge in [0.05, 0.1) is 13.7 Å². The number of hydrogen-bond acceptors (Lipinski definition) is 3. The minimum absolute atomic E-state index is 0.168. The van der Waals surface area contributed by atoms with E-state index in [9.17, 15) is 5.11 Å². The summed E-state index contributed by atoms with van der Waals surface area (Å²) in [5, 5.41) is 9.63. The number of halogens is 1. The lowest BCUT2D eigenvalue weighted by atomic mass is 10.2. The van der Waals surface area contributed by atoms with Crippen LogP contribution in [0.25, 0.3) is 0 Å². The second-order valence-electron chi connectivity index (χ2n) is 2.52. The first-order valence-electron chi connectivity index (χ1n) is 3.74. The van der Waals surface area contributed by atoms with E-state index in [0.717, 1.165) is 5.56 Å². The van der Waals surface area contributed by atoms with E-state index < -0.39 is 0 Å². The molecule has 0 aliphatic rings. The first kappa shape index (κ1) is 10.3. The third-order valence-electron chi connectivity index (χ3n) is 1.68. The molecule has 0 spiro atoms. The fourth-order valence-electron chi connectivity index (χ4n) is 1.02. The Hall–Kier alpha value is -0.740. The second kappa shape index (κ2) is 4.48. The summed E-state index contributed by atoms with van der Waals surface area (Å²) < 4.78 is 10.5. The van der Waals surface area contributed by atoms with E-state index in [0.29, 0.717) is 16.8 Å². The van der Waals surface area contributed by atoms with Crippen molar-refractivity contribution < 1.29 is 14.6 Å². The van der Waals surface area contributed by atoms with Gasteiger partial charge in [0.25, 0.3) is 0 Å². The predicted octanol–water partition coefficient (Wildman–Crippen LogP) is 2.31. The van der Waals surface area contributed by atoms with E-state index >= 15 is 0 Å². The molecule has 0 aromatic heterocycles. The summed E-state index contributed by atoms with van der Waals surface area (Å²) in [6, 6.07) is 3.54. The van der Waals surface area contributed by atoms with Crippen LogP contribution in [0, 0.1) is 0 Å². The standard InChI is InChI=1S/C9H11BrO3/c1-12-5-6-3-4-7(13-2)8(10)9(6)11/h3-4,11H,5H2,1-2H3. The molecule has 1 aromatic carbocycles. The van der Waals surface area contributed by atoms with Gasteiger partial charge in [-0.25, -0.2) is 0 Å². The van der Waals surface area contributed by atoms with Gasteiger partial charge in [-0.05, 0) is 28.1 Å². The normalized spacial score (nSPS) is 10.1. The minimum Gasteiger partial charge on any atom is -0.506 e. The van der Waals surface area contributed by atoms with E-state index in [1.54, 1.807) is 26.4 Å². The Kier molecular flexibility index (Phi) is 3.57. The summed E-state index contributed by atoms with van der Waals surface area (Å²) in [6.07, 6.45) is 0. The Morgan fingerprint density at radius 3 is 2.62 bits per heavy atom. The quantitative estimate of drug-likeness (QED) is 0.890. The third kappa shape index (κ3) is 2.14. The molecular formula is C9H11BrO3. The van der Waals surface area contributed by atoms with Gasteiger partial charge in [-0.2, -0.15) is 0 Å². The number of benzene rings is 1. The van der Waals surface area contributed by atoms with Gasteiger partial charge in [0, 0.05) is 12.7 Å². The maximum Gasteiger partial charge on any atom is 0.139 e. The van der Waals surface area contributed by atoms with E-state index in [-0.39, 0.29) is 5.75 Å². The molecule has 0 saturated heterocycles. The molecule has 0 radical (unpaired) electrons. The van der Waals surface area contributed by atoms with Gasteiger partial charge in [-0.1, -0.05) is 0 Å². The van der Waals surface area contributed by atoms with Crippen molar-refractivity contribution in [2.45, 2.75) is 6.61 Å². The number of methoxy groups -OCH3 is 2. The highest BCUT2D eigenvalue weighted by molar-refractivity contribution is 9.10. The summed E-state index contributed by atoms with van der Waals surface area (Å²) in [6.45, 7) is 0.383. The van der Waals surface area contributed by atoms with Crippen LogP contribution < -0.4 is 4.74 Å². The van der Waals surface area contributed by atoms with Crippen LogP contribution in [0.3, 0.4) is 0 Å². The highest BCUT2D eigenvalue weighted by Crippen LogP contribution is 2.36. The summed E-state index contributed by atoms with van der Waals surface area (Å²) in [4.78, 5) is 0. The Bertz CT molecular complexity index is 299. The molecule has 0 fully saturated rings. The molecule has 72 valence electrons. The van der Waals surface area contributed by atoms with Crippen molar-refractivity contribution in [2.75, 3.05) is 14.2 Å². The Balaban J connectivity index is 3.07. The summed E-state index contributed by atoms with van der Waals surface area (Å²) in [5.41, 5.74) is 0.732. The molecule has 4 heteroatoms. The fraction of sp³-hybridized carbons (Fsp3) is 0.333. The Morgan fingerprint density at radius 2 is 2.08 bits per heavy atom. The number of rotatable bonds is 3. The molecule has 0 unspecified atom stereocenters. The Labute approximate surface area is 85.4 Å². The van der Waals surface area contributed by atoms with Crippen LogP contribution in [-0.4, -0.2) is 19.3 Å². The maximum atomic E-state index is 9.63. The fourth-order valence-corrected chi connectivity index (χ4v) is 1.56. The van der Waals surface area contributed by atoms with Crippen LogP contribution in [-0.2, 0) is 11.3 Å². The molecule has 0 aliphatic carbocycles. The zero-order valence-electron chi connectivity index (χ0n) is 7.50. The van der Waals surface area contributed by atoms with Crippen LogP contribution >= 0.6 is 15.9 Å². The van der Waals surface area contributed by atoms with E-state index in [1.165, 1.54) is 0 Å². The van der Waals surface area contributed by atoms with Gasteiger partial charge < -0.3 is 14.6 Å². The SMILES string of the molecule is COCc1ccc(OC)c(Br)c1O. The number of aromatic hydroxyl groups is 1. The molecule has 0 amide bonds. The van der Waals surface area contributed by atoms with Gasteiger partial charge in [-0.3, -0.25) is 0 Å². The van der Waals surface area contributed by atoms with Gasteiger partial charge >= 0.3 is 0 Å². The first-order chi connectivity index (χ1) is 6.20. The van der Waals surface area contributed by atoms with Gasteiger partial charge in [-0.15, -0.1) is 0 Å².